The molecule has 2 aliphatic rings. The fourth-order valence-electron chi connectivity index (χ4n) is 4.36. The highest BCUT2D eigenvalue weighted by molar-refractivity contribution is 7.88. The van der Waals surface area contributed by atoms with Gasteiger partial charge >= 0.3 is 12.1 Å². The van der Waals surface area contributed by atoms with Crippen LogP contribution < -0.4 is 9.46 Å². The largest absolute Gasteiger partial charge is 0.481 e. The van der Waals surface area contributed by atoms with Crippen LogP contribution in [0.3, 0.4) is 0 Å². The van der Waals surface area contributed by atoms with E-state index in [4.69, 9.17) is 4.74 Å². The molecule has 0 bridgehead atoms. The topological polar surface area (TPSA) is 75.7 Å². The summed E-state index contributed by atoms with van der Waals surface area (Å²) in [7, 11) is -3.97. The molecule has 0 spiro atoms. The summed E-state index contributed by atoms with van der Waals surface area (Å²) >= 11 is 0. The van der Waals surface area contributed by atoms with Gasteiger partial charge in [0.25, 0.3) is 5.91 Å². The molecule has 2 aromatic rings. The zero-order chi connectivity index (χ0) is 26.1. The quantitative estimate of drug-likeness (QED) is 0.599. The number of fused-ring (bicyclic) bond motifs is 2. The lowest BCUT2D eigenvalue weighted by atomic mass is 9.88. The van der Waals surface area contributed by atoms with E-state index in [1.807, 2.05) is 0 Å². The van der Waals surface area contributed by atoms with E-state index in [1.54, 1.807) is 24.3 Å². The van der Waals surface area contributed by atoms with Crippen LogP contribution in [0.5, 0.6) is 5.75 Å². The van der Waals surface area contributed by atoms with Gasteiger partial charge in [0.15, 0.2) is 0 Å². The van der Waals surface area contributed by atoms with E-state index in [-0.39, 0.29) is 29.3 Å². The summed E-state index contributed by atoms with van der Waals surface area (Å²) in [6.07, 6.45) is -5.02. The minimum absolute atomic E-state index is 0.0475. The molecule has 1 N–H and O–H groups in total. The zero-order valence-corrected chi connectivity index (χ0v) is 19.9. The lowest BCUT2D eigenvalue weighted by Crippen LogP contribution is -2.46. The van der Waals surface area contributed by atoms with Crippen molar-refractivity contribution < 1.29 is 39.9 Å². The van der Waals surface area contributed by atoms with Crippen LogP contribution in [0.4, 0.5) is 22.0 Å². The number of sulfonamides is 1. The molecule has 0 atom stereocenters. The highest BCUT2D eigenvalue weighted by Gasteiger charge is 2.60. The van der Waals surface area contributed by atoms with Crippen LogP contribution in [0.25, 0.3) is 5.70 Å². The Hall–Kier alpha value is -3.15. The summed E-state index contributed by atoms with van der Waals surface area (Å²) in [5.41, 5.74) is -2.87. The van der Waals surface area contributed by atoms with Crippen LogP contribution in [0, 0.1) is 6.92 Å². The third kappa shape index (κ3) is 4.03. The maximum absolute atomic E-state index is 14.4. The van der Waals surface area contributed by atoms with Crippen molar-refractivity contribution in [2.45, 2.75) is 45.0 Å². The molecule has 0 fully saturated rings. The SMILES string of the molecule is Cc1c(C(F)(F)C(F)(F)F)ccc2c1C(N1Cc3ccccc3C1=O)=C(NS(C)(=O)=O)C(C)(C)O2. The summed E-state index contributed by atoms with van der Waals surface area (Å²) < 4.78 is 101. The normalized spacial score (nSPS) is 17.7. The predicted molar refractivity (Wildman–Crippen MR) is 117 cm³/mol. The Labute approximate surface area is 198 Å². The number of alkyl halides is 5. The van der Waals surface area contributed by atoms with E-state index in [1.165, 1.54) is 18.7 Å². The third-order valence-corrected chi connectivity index (χ3v) is 6.52. The Morgan fingerprint density at radius 2 is 1.69 bits per heavy atom. The van der Waals surface area contributed by atoms with Gasteiger partial charge in [-0.15, -0.1) is 0 Å². The van der Waals surface area contributed by atoms with Gasteiger partial charge in [-0.1, -0.05) is 18.2 Å². The van der Waals surface area contributed by atoms with E-state index in [9.17, 15) is 35.2 Å². The molecule has 12 heteroatoms. The van der Waals surface area contributed by atoms with Gasteiger partial charge in [-0.05, 0) is 50.1 Å². The lowest BCUT2D eigenvalue weighted by Gasteiger charge is -2.40. The van der Waals surface area contributed by atoms with Crippen LogP contribution in [-0.2, 0) is 22.5 Å². The third-order valence-electron chi connectivity index (χ3n) is 5.94. The Morgan fingerprint density at radius 3 is 2.26 bits per heavy atom. The maximum Gasteiger partial charge on any atom is 0.458 e. The van der Waals surface area contributed by atoms with Crippen LogP contribution >= 0.6 is 0 Å². The van der Waals surface area contributed by atoms with E-state index in [0.29, 0.717) is 17.2 Å². The summed E-state index contributed by atoms with van der Waals surface area (Å²) in [5, 5.41) is 0. The maximum atomic E-state index is 14.4. The molecule has 1 amide bonds. The second kappa shape index (κ2) is 7.67. The molecule has 0 aliphatic carbocycles. The molecular formula is C23H21F5N2O4S. The van der Waals surface area contributed by atoms with Crippen molar-refractivity contribution in [2.75, 3.05) is 6.26 Å². The van der Waals surface area contributed by atoms with Gasteiger partial charge in [-0.25, -0.2) is 8.42 Å². The van der Waals surface area contributed by atoms with Gasteiger partial charge < -0.3 is 9.64 Å². The van der Waals surface area contributed by atoms with Crippen molar-refractivity contribution in [3.8, 4) is 5.75 Å². The number of hydrogen-bond acceptors (Lipinski definition) is 4. The highest BCUT2D eigenvalue weighted by atomic mass is 32.2. The van der Waals surface area contributed by atoms with Gasteiger partial charge in [-0.2, -0.15) is 22.0 Å². The fourth-order valence-corrected chi connectivity index (χ4v) is 5.07. The van der Waals surface area contributed by atoms with Crippen molar-refractivity contribution in [3.63, 3.8) is 0 Å². The lowest BCUT2D eigenvalue weighted by molar-refractivity contribution is -0.289. The summed E-state index contributed by atoms with van der Waals surface area (Å²) in [6, 6.07) is 8.14. The molecule has 0 aromatic heterocycles. The number of carbonyl (C=O) groups is 1. The predicted octanol–water partition coefficient (Wildman–Crippen LogP) is 4.69. The zero-order valence-electron chi connectivity index (χ0n) is 19.0. The molecule has 4 rings (SSSR count). The monoisotopic (exact) mass is 516 g/mol. The molecule has 35 heavy (non-hydrogen) atoms. The van der Waals surface area contributed by atoms with Crippen LogP contribution in [0.1, 0.15) is 46.5 Å². The Morgan fingerprint density at radius 1 is 1.06 bits per heavy atom. The molecule has 2 aliphatic heterocycles. The number of hydrogen-bond donors (Lipinski definition) is 1. The van der Waals surface area contributed by atoms with Crippen molar-refractivity contribution in [1.82, 2.24) is 9.62 Å². The van der Waals surface area contributed by atoms with Crippen molar-refractivity contribution in [1.29, 1.82) is 0 Å². The van der Waals surface area contributed by atoms with Gasteiger partial charge in [0.1, 0.15) is 11.4 Å². The summed E-state index contributed by atoms with van der Waals surface area (Å²) in [5.74, 6) is -5.82. The fraction of sp³-hybridized carbons (Fsp3) is 0.348. The average molecular weight is 516 g/mol. The van der Waals surface area contributed by atoms with Crippen LogP contribution in [0.15, 0.2) is 42.1 Å². The minimum atomic E-state index is -5.88. The molecule has 2 heterocycles. The minimum Gasteiger partial charge on any atom is -0.481 e. The summed E-state index contributed by atoms with van der Waals surface area (Å²) in [4.78, 5) is 14.5. The number of carbonyl (C=O) groups excluding carboxylic acids is 1. The molecule has 188 valence electrons. The van der Waals surface area contributed by atoms with Crippen molar-refractivity contribution in [2.24, 2.45) is 0 Å². The van der Waals surface area contributed by atoms with Gasteiger partial charge in [0.2, 0.25) is 10.0 Å². The van der Waals surface area contributed by atoms with Gasteiger partial charge in [0, 0.05) is 16.7 Å². The van der Waals surface area contributed by atoms with E-state index in [0.717, 1.165) is 19.2 Å². The Balaban J connectivity index is 2.05. The van der Waals surface area contributed by atoms with E-state index in [2.05, 4.69) is 4.72 Å². The molecule has 6 nitrogen and oxygen atoms in total. The molecule has 0 radical (unpaired) electrons. The van der Waals surface area contributed by atoms with E-state index < -0.39 is 44.8 Å². The molecular weight excluding hydrogens is 495 g/mol. The standard InChI is InChI=1S/C23H21F5N2O4S/c1-12-15(22(24,25)23(26,27)28)9-10-16-17(12)18(19(21(2,3)34-16)29-35(4,32)33)30-11-13-7-5-6-8-14(13)20(30)31/h5-10,29H,11H2,1-4H3. The number of halogens is 5. The van der Waals surface area contributed by atoms with Crippen molar-refractivity contribution >= 4 is 21.6 Å². The highest BCUT2D eigenvalue weighted by Crippen LogP contribution is 2.51. The first-order chi connectivity index (χ1) is 16.0. The first kappa shape index (κ1) is 25.0. The number of nitrogens with one attached hydrogen (secondary N) is 1. The Kier molecular flexibility index (Phi) is 5.47. The molecule has 2 aromatic carbocycles. The molecule has 0 saturated heterocycles. The van der Waals surface area contributed by atoms with Gasteiger partial charge in [0.05, 0.1) is 24.2 Å². The van der Waals surface area contributed by atoms with Crippen molar-refractivity contribution in [3.05, 3.63) is 69.9 Å². The number of benzene rings is 2. The summed E-state index contributed by atoms with van der Waals surface area (Å²) in [6.45, 7) is 3.99. The molecule has 0 unspecified atom stereocenters. The number of rotatable bonds is 4. The number of nitrogens with zero attached hydrogens (tertiary/aromatic N) is 1. The first-order valence-electron chi connectivity index (χ1n) is 10.4. The second-order valence-electron chi connectivity index (χ2n) is 8.94. The number of amides is 1. The van der Waals surface area contributed by atoms with Gasteiger partial charge in [-0.3, -0.25) is 9.52 Å². The van der Waals surface area contributed by atoms with Crippen LogP contribution in [-0.4, -0.2) is 37.3 Å². The second-order valence-corrected chi connectivity index (χ2v) is 10.7. The number of ether oxygens (including phenoxy) is 1. The average Bonchev–Trinajstić information content (AvgIpc) is 3.03. The van der Waals surface area contributed by atoms with Crippen LogP contribution in [0.2, 0.25) is 0 Å². The first-order valence-corrected chi connectivity index (χ1v) is 12.2. The van der Waals surface area contributed by atoms with E-state index >= 15 is 0 Å². The molecule has 0 saturated carbocycles. The smallest absolute Gasteiger partial charge is 0.458 e. The Bertz CT molecular complexity index is 1380.